The lowest BCUT2D eigenvalue weighted by Crippen LogP contribution is -2.58. The predicted octanol–water partition coefficient (Wildman–Crippen LogP) is -0.0516. The van der Waals surface area contributed by atoms with Crippen molar-refractivity contribution in [3.63, 3.8) is 0 Å². The molecular weight excluding hydrogens is 420 g/mol. The summed E-state index contributed by atoms with van der Waals surface area (Å²) in [5.74, 6) is 0.0608. The minimum absolute atomic E-state index is 0.0298. The quantitative estimate of drug-likeness (QED) is 0.702. The molecular formula is C20H28N6O4S. The van der Waals surface area contributed by atoms with Crippen LogP contribution < -0.4 is 0 Å². The molecule has 2 saturated heterocycles. The fourth-order valence-electron chi connectivity index (χ4n) is 4.28. The Balaban J connectivity index is 1.37. The highest BCUT2D eigenvalue weighted by atomic mass is 32.2. The van der Waals surface area contributed by atoms with E-state index >= 15 is 0 Å². The Morgan fingerprint density at radius 3 is 2.32 bits per heavy atom. The van der Waals surface area contributed by atoms with E-state index in [1.54, 1.807) is 35.1 Å². The van der Waals surface area contributed by atoms with Crippen molar-refractivity contribution in [1.29, 1.82) is 0 Å². The van der Waals surface area contributed by atoms with Crippen LogP contribution in [0.1, 0.15) is 13.8 Å². The van der Waals surface area contributed by atoms with Gasteiger partial charge in [0.2, 0.25) is 21.8 Å². The van der Waals surface area contributed by atoms with Gasteiger partial charge in [0.1, 0.15) is 10.5 Å². The molecule has 4 rings (SSSR count). The maximum atomic E-state index is 13.2. The van der Waals surface area contributed by atoms with Crippen molar-refractivity contribution < 1.29 is 18.0 Å². The smallest absolute Gasteiger partial charge is 0.245 e. The van der Waals surface area contributed by atoms with E-state index in [0.717, 1.165) is 0 Å². The molecule has 2 amide bonds. The van der Waals surface area contributed by atoms with E-state index in [0.29, 0.717) is 63.4 Å². The number of aromatic amines is 1. The van der Waals surface area contributed by atoms with Gasteiger partial charge in [-0.1, -0.05) is 0 Å². The molecule has 0 spiro atoms. The van der Waals surface area contributed by atoms with Gasteiger partial charge in [-0.25, -0.2) is 13.4 Å². The zero-order valence-corrected chi connectivity index (χ0v) is 18.6. The van der Waals surface area contributed by atoms with Gasteiger partial charge in [-0.05, 0) is 19.1 Å². The second-order valence-electron chi connectivity index (χ2n) is 8.00. The van der Waals surface area contributed by atoms with Gasteiger partial charge in [0.25, 0.3) is 0 Å². The number of sulfonamides is 1. The van der Waals surface area contributed by atoms with Gasteiger partial charge in [-0.3, -0.25) is 14.5 Å². The van der Waals surface area contributed by atoms with Crippen molar-refractivity contribution >= 4 is 32.9 Å². The number of nitrogens with zero attached hydrogens (tertiary/aromatic N) is 5. The first-order chi connectivity index (χ1) is 14.8. The van der Waals surface area contributed by atoms with Gasteiger partial charge < -0.3 is 14.8 Å². The number of aromatic nitrogens is 2. The average Bonchev–Trinajstić information content (AvgIpc) is 3.23. The summed E-state index contributed by atoms with van der Waals surface area (Å²) in [6.07, 6.45) is 3.11. The number of rotatable bonds is 4. The van der Waals surface area contributed by atoms with Crippen molar-refractivity contribution in [2.24, 2.45) is 0 Å². The molecule has 0 saturated carbocycles. The number of H-pyrrole nitrogens is 1. The van der Waals surface area contributed by atoms with Gasteiger partial charge in [-0.15, -0.1) is 0 Å². The van der Waals surface area contributed by atoms with Gasteiger partial charge in [-0.2, -0.15) is 4.31 Å². The molecule has 0 aliphatic carbocycles. The van der Waals surface area contributed by atoms with Crippen LogP contribution in [-0.4, -0.2) is 108 Å². The number of fused-ring (bicyclic) bond motifs is 1. The summed E-state index contributed by atoms with van der Waals surface area (Å²) >= 11 is 0. The summed E-state index contributed by atoms with van der Waals surface area (Å²) in [5.41, 5.74) is 0.545. The zero-order valence-electron chi connectivity index (χ0n) is 17.8. The van der Waals surface area contributed by atoms with Crippen LogP contribution in [0.2, 0.25) is 0 Å². The first kappa shape index (κ1) is 21.7. The number of nitrogens with one attached hydrogen (secondary N) is 1. The molecule has 11 heteroatoms. The van der Waals surface area contributed by atoms with Crippen molar-refractivity contribution in [2.45, 2.75) is 24.8 Å². The maximum absolute atomic E-state index is 13.2. The van der Waals surface area contributed by atoms with Gasteiger partial charge in [0.05, 0.1) is 6.04 Å². The van der Waals surface area contributed by atoms with Crippen LogP contribution in [0.25, 0.3) is 11.0 Å². The van der Waals surface area contributed by atoms with Gasteiger partial charge >= 0.3 is 0 Å². The molecule has 1 atom stereocenters. The largest absolute Gasteiger partial charge is 0.345 e. The number of hydrogen-bond donors (Lipinski definition) is 1. The van der Waals surface area contributed by atoms with Crippen LogP contribution in [0.15, 0.2) is 29.4 Å². The van der Waals surface area contributed by atoms with Crippen LogP contribution in [0.3, 0.4) is 0 Å². The lowest BCUT2D eigenvalue weighted by atomic mass is 10.2. The highest BCUT2D eigenvalue weighted by Gasteiger charge is 2.35. The molecule has 10 nitrogen and oxygen atoms in total. The Morgan fingerprint density at radius 1 is 1.03 bits per heavy atom. The Bertz CT molecular complexity index is 1070. The Morgan fingerprint density at radius 2 is 1.68 bits per heavy atom. The second-order valence-corrected chi connectivity index (χ2v) is 9.91. The molecule has 4 heterocycles. The van der Waals surface area contributed by atoms with Gasteiger partial charge in [0, 0.05) is 77.1 Å². The molecule has 31 heavy (non-hydrogen) atoms. The third-order valence-electron chi connectivity index (χ3n) is 6.25. The summed E-state index contributed by atoms with van der Waals surface area (Å²) in [7, 11) is -3.65. The number of piperazine rings is 2. The van der Waals surface area contributed by atoms with E-state index in [4.69, 9.17) is 0 Å². The van der Waals surface area contributed by atoms with Crippen LogP contribution >= 0.6 is 0 Å². The van der Waals surface area contributed by atoms with E-state index in [-0.39, 0.29) is 22.8 Å². The van der Waals surface area contributed by atoms with Crippen LogP contribution in [0.5, 0.6) is 0 Å². The van der Waals surface area contributed by atoms with Crippen molar-refractivity contribution in [1.82, 2.24) is 29.0 Å². The fourth-order valence-corrected chi connectivity index (χ4v) is 5.85. The Hall–Kier alpha value is -2.50. The molecule has 2 aliphatic rings. The lowest BCUT2D eigenvalue weighted by Gasteiger charge is -2.40. The van der Waals surface area contributed by atoms with Gasteiger partial charge in [0.15, 0.2) is 0 Å². The molecule has 2 fully saturated rings. The SMILES string of the molecule is CC(=O)N1CCN(C(=O)C(C)N2CCN(S(=O)(=O)c3c[nH]c4ncccc34)CC2)CC1. The molecule has 2 aliphatic heterocycles. The fraction of sp³-hybridized carbons (Fsp3) is 0.550. The number of amides is 2. The molecule has 0 bridgehead atoms. The molecule has 0 radical (unpaired) electrons. The molecule has 1 N–H and O–H groups in total. The number of carbonyl (C=O) groups excluding carboxylic acids is 2. The van der Waals surface area contributed by atoms with Crippen LogP contribution in [0, 0.1) is 0 Å². The lowest BCUT2D eigenvalue weighted by molar-refractivity contribution is -0.142. The van der Waals surface area contributed by atoms with E-state index in [2.05, 4.69) is 9.97 Å². The first-order valence-electron chi connectivity index (χ1n) is 10.5. The number of pyridine rings is 1. The van der Waals surface area contributed by atoms with E-state index in [1.165, 1.54) is 10.5 Å². The van der Waals surface area contributed by atoms with Crippen molar-refractivity contribution in [2.75, 3.05) is 52.4 Å². The summed E-state index contributed by atoms with van der Waals surface area (Å²) < 4.78 is 27.8. The summed E-state index contributed by atoms with van der Waals surface area (Å²) in [6.45, 7) is 7.21. The summed E-state index contributed by atoms with van der Waals surface area (Å²) in [4.78, 5) is 37.3. The minimum atomic E-state index is -3.65. The predicted molar refractivity (Wildman–Crippen MR) is 115 cm³/mol. The van der Waals surface area contributed by atoms with Crippen molar-refractivity contribution in [3.05, 3.63) is 24.5 Å². The summed E-state index contributed by atoms with van der Waals surface area (Å²) in [6, 6.07) is 3.14. The Labute approximate surface area is 181 Å². The topological polar surface area (TPSA) is 110 Å². The monoisotopic (exact) mass is 448 g/mol. The Kier molecular flexibility index (Phi) is 6.00. The molecule has 168 valence electrons. The maximum Gasteiger partial charge on any atom is 0.245 e. The van der Waals surface area contributed by atoms with Crippen molar-refractivity contribution in [3.8, 4) is 0 Å². The van der Waals surface area contributed by atoms with E-state index < -0.39 is 10.0 Å². The molecule has 2 aromatic heterocycles. The normalized spacial score (nSPS) is 20.2. The van der Waals surface area contributed by atoms with Crippen LogP contribution in [-0.2, 0) is 19.6 Å². The number of hydrogen-bond acceptors (Lipinski definition) is 6. The second kappa shape index (κ2) is 8.56. The third kappa shape index (κ3) is 4.17. The minimum Gasteiger partial charge on any atom is -0.345 e. The van der Waals surface area contributed by atoms with Crippen LogP contribution in [0.4, 0.5) is 0 Å². The first-order valence-corrected chi connectivity index (χ1v) is 11.9. The molecule has 1 unspecified atom stereocenters. The molecule has 0 aromatic carbocycles. The summed E-state index contributed by atoms with van der Waals surface area (Å²) in [5, 5.41) is 0.582. The average molecular weight is 449 g/mol. The number of carbonyl (C=O) groups is 2. The highest BCUT2D eigenvalue weighted by Crippen LogP contribution is 2.25. The third-order valence-corrected chi connectivity index (χ3v) is 8.18. The van der Waals surface area contributed by atoms with E-state index in [9.17, 15) is 18.0 Å². The molecule has 2 aromatic rings. The highest BCUT2D eigenvalue weighted by molar-refractivity contribution is 7.89. The van der Waals surface area contributed by atoms with E-state index in [1.807, 2.05) is 11.8 Å². The standard InChI is InChI=1S/C20H28N6O4S/c1-15(20(28)25-8-6-24(7-9-25)16(2)27)23-10-12-26(13-11-23)31(29,30)18-14-22-19-17(18)4-3-5-21-19/h3-5,14-15H,6-13H2,1-2H3,(H,21,22). The zero-order chi connectivity index (χ0) is 22.2.